The van der Waals surface area contributed by atoms with E-state index < -0.39 is 17.7 Å². The minimum absolute atomic E-state index is 0.111. The number of nitriles is 1. The summed E-state index contributed by atoms with van der Waals surface area (Å²) >= 11 is 0.967. The molecule has 2 aliphatic carbocycles. The van der Waals surface area contributed by atoms with Crippen molar-refractivity contribution in [3.05, 3.63) is 52.0 Å². The predicted molar refractivity (Wildman–Crippen MR) is 145 cm³/mol. The van der Waals surface area contributed by atoms with E-state index in [0.717, 1.165) is 54.1 Å². The van der Waals surface area contributed by atoms with Crippen LogP contribution >= 0.6 is 11.3 Å². The van der Waals surface area contributed by atoms with Crippen LogP contribution in [0.4, 0.5) is 13.8 Å². The van der Waals surface area contributed by atoms with Crippen LogP contribution in [0, 0.1) is 29.0 Å². The summed E-state index contributed by atoms with van der Waals surface area (Å²) in [6.45, 7) is 6.68. The molecule has 5 aliphatic rings. The van der Waals surface area contributed by atoms with E-state index in [1.807, 2.05) is 12.3 Å². The van der Waals surface area contributed by atoms with Gasteiger partial charge in [0.05, 0.1) is 35.4 Å². The molecule has 2 aromatic heterocycles. The number of nitrogen functional groups attached to an aromatic ring is 1. The number of nitrogens with two attached hydrogens (primary N) is 1. The highest BCUT2D eigenvalue weighted by Gasteiger charge is 2.40. The van der Waals surface area contributed by atoms with Gasteiger partial charge in [0.25, 0.3) is 0 Å². The van der Waals surface area contributed by atoms with Gasteiger partial charge in [-0.15, -0.1) is 11.3 Å². The molecule has 0 amide bonds. The molecule has 0 aromatic carbocycles. The van der Waals surface area contributed by atoms with Crippen molar-refractivity contribution in [3.63, 3.8) is 0 Å². The number of halogens is 2. The van der Waals surface area contributed by atoms with Gasteiger partial charge in [-0.2, -0.15) is 5.26 Å². The van der Waals surface area contributed by atoms with E-state index in [-0.39, 0.29) is 38.5 Å². The van der Waals surface area contributed by atoms with Crippen LogP contribution in [0.25, 0.3) is 15.7 Å². The summed E-state index contributed by atoms with van der Waals surface area (Å²) in [6, 6.07) is 1.18. The maximum absolute atomic E-state index is 16.3. The Kier molecular flexibility index (Phi) is 6.44. The number of thiophene rings is 1. The number of hydrogen-bond donors (Lipinski definition) is 2. The van der Waals surface area contributed by atoms with Gasteiger partial charge in [-0.25, -0.2) is 13.8 Å². The molecule has 2 unspecified atom stereocenters. The monoisotopic (exact) mass is 536 g/mol. The number of ether oxygens (including phenoxy) is 1. The third-order valence-corrected chi connectivity index (χ3v) is 8.96. The second kappa shape index (κ2) is 9.79. The molecule has 0 spiro atoms. The Morgan fingerprint density at radius 3 is 2.71 bits per heavy atom. The lowest BCUT2D eigenvalue weighted by molar-refractivity contribution is 0.207. The molecule has 7 nitrogen and oxygen atoms in total. The number of aliphatic imine (C=N–C) groups is 1. The molecule has 10 heteroatoms. The second-order valence-corrected chi connectivity index (χ2v) is 11.6. The molecule has 0 radical (unpaired) electrons. The second-order valence-electron chi connectivity index (χ2n) is 10.6. The van der Waals surface area contributed by atoms with Gasteiger partial charge in [-0.1, -0.05) is 33.1 Å². The van der Waals surface area contributed by atoms with Crippen LogP contribution in [0.5, 0.6) is 0 Å². The van der Waals surface area contributed by atoms with Crippen molar-refractivity contribution in [2.24, 2.45) is 16.8 Å². The average Bonchev–Trinajstić information content (AvgIpc) is 3.28. The lowest BCUT2D eigenvalue weighted by Gasteiger charge is -2.31. The van der Waals surface area contributed by atoms with Crippen LogP contribution in [0.15, 0.2) is 39.9 Å². The highest BCUT2D eigenvalue weighted by molar-refractivity contribution is 7.23. The fraction of sp³-hybridized carbons (Fsp3) is 0.464. The Balaban J connectivity index is 0.000000476. The summed E-state index contributed by atoms with van der Waals surface area (Å²) in [7, 11) is 0. The van der Waals surface area contributed by atoms with Crippen LogP contribution < -0.4 is 11.1 Å². The molecule has 0 bridgehead atoms. The Labute approximate surface area is 224 Å². The van der Waals surface area contributed by atoms with Crippen molar-refractivity contribution in [2.45, 2.75) is 45.6 Å². The Morgan fingerprint density at radius 2 is 2.05 bits per heavy atom. The molecule has 2 fully saturated rings. The van der Waals surface area contributed by atoms with Crippen LogP contribution in [-0.2, 0) is 4.74 Å². The minimum Gasteiger partial charge on any atom is -0.389 e. The summed E-state index contributed by atoms with van der Waals surface area (Å²) in [6.07, 6.45) is 8.36. The average molecular weight is 537 g/mol. The summed E-state index contributed by atoms with van der Waals surface area (Å²) in [5, 5.41) is 13.3. The van der Waals surface area contributed by atoms with Gasteiger partial charge in [0.15, 0.2) is 11.8 Å². The number of aromatic nitrogens is 1. The first-order valence-electron chi connectivity index (χ1n) is 13.2. The van der Waals surface area contributed by atoms with Crippen LogP contribution in [0.2, 0.25) is 0 Å². The van der Waals surface area contributed by atoms with Gasteiger partial charge < -0.3 is 20.7 Å². The number of hydrogen-bond acceptors (Lipinski definition) is 8. The fourth-order valence-corrected chi connectivity index (χ4v) is 6.48. The predicted octanol–water partition coefficient (Wildman–Crippen LogP) is 5.27. The summed E-state index contributed by atoms with van der Waals surface area (Å²) in [5.41, 5.74) is 8.76. The lowest BCUT2D eigenvalue weighted by atomic mass is 9.82. The van der Waals surface area contributed by atoms with Crippen molar-refractivity contribution in [1.29, 1.82) is 5.26 Å². The molecule has 5 heterocycles. The number of rotatable bonds is 2. The van der Waals surface area contributed by atoms with E-state index in [0.29, 0.717) is 24.1 Å². The highest BCUT2D eigenvalue weighted by atomic mass is 32.1. The molecular formula is C28H30F2N6OS. The Bertz CT molecular complexity index is 1480. The first-order valence-corrected chi connectivity index (χ1v) is 14.0. The van der Waals surface area contributed by atoms with Crippen molar-refractivity contribution in [2.75, 3.05) is 32.0 Å². The van der Waals surface area contributed by atoms with Gasteiger partial charge in [-0.3, -0.25) is 4.98 Å². The van der Waals surface area contributed by atoms with Gasteiger partial charge in [0, 0.05) is 35.8 Å². The quantitative estimate of drug-likeness (QED) is 0.543. The lowest BCUT2D eigenvalue weighted by Crippen LogP contribution is -2.42. The number of fused-ring (bicyclic) bond motifs is 3. The number of pyridine rings is 1. The number of nitrogens with one attached hydrogen (secondary N) is 1. The van der Waals surface area contributed by atoms with Gasteiger partial charge >= 0.3 is 0 Å². The van der Waals surface area contributed by atoms with Crippen molar-refractivity contribution >= 4 is 38.0 Å². The standard InChI is InChI=1S/C23H20F2N6OS.C5H10/c1-10-2-3-31(7-10)23-29-5-12-13-8-32-9-14(13)16(18(25)19(12)30-23)20-17-11(4-26)22(27)33-21(17)15(24)6-28-20;1-2-5-3-4-5/h5-6,10,19H,2-3,7-9,27H2,1H3,(H,29,30);5H,2-4H2,1H3. The molecule has 198 valence electrons. The number of guanidine groups is 1. The minimum atomic E-state index is -0.851. The van der Waals surface area contributed by atoms with Crippen molar-refractivity contribution in [3.8, 4) is 6.07 Å². The van der Waals surface area contributed by atoms with Crippen LogP contribution in [0.3, 0.4) is 0 Å². The number of anilines is 1. The van der Waals surface area contributed by atoms with E-state index in [9.17, 15) is 9.65 Å². The molecule has 2 atom stereocenters. The third kappa shape index (κ3) is 4.18. The van der Waals surface area contributed by atoms with Crippen LogP contribution in [-0.4, -0.2) is 48.2 Å². The first-order chi connectivity index (χ1) is 18.4. The van der Waals surface area contributed by atoms with Crippen molar-refractivity contribution < 1.29 is 13.5 Å². The first kappa shape index (κ1) is 25.0. The Hall–Kier alpha value is -3.29. The maximum atomic E-state index is 16.3. The number of nitrogens with zero attached hydrogens (tertiary/aromatic N) is 4. The Morgan fingerprint density at radius 1 is 1.26 bits per heavy atom. The van der Waals surface area contributed by atoms with E-state index in [1.165, 1.54) is 19.3 Å². The maximum Gasteiger partial charge on any atom is 0.199 e. The van der Waals surface area contributed by atoms with E-state index >= 15 is 4.39 Å². The summed E-state index contributed by atoms with van der Waals surface area (Å²) in [4.78, 5) is 11.1. The van der Waals surface area contributed by atoms with E-state index in [1.54, 1.807) is 0 Å². The van der Waals surface area contributed by atoms with E-state index in [4.69, 9.17) is 15.5 Å². The topological polar surface area (TPSA) is 99.6 Å². The molecule has 1 saturated carbocycles. The molecule has 38 heavy (non-hydrogen) atoms. The smallest absolute Gasteiger partial charge is 0.199 e. The summed E-state index contributed by atoms with van der Waals surface area (Å²) < 4.78 is 36.7. The zero-order valence-electron chi connectivity index (χ0n) is 21.5. The number of likely N-dealkylation sites (tertiary alicyclic amines) is 1. The SMILES string of the molecule is CC1CCN(C2=NC3C(=CN2)C2=C(COC2)C(c2ncc(F)c4sc(N)c(C#N)c24)=C3F)C1.CCC1CC1. The van der Waals surface area contributed by atoms with E-state index in [2.05, 4.69) is 29.0 Å². The molecule has 2 aromatic rings. The molecule has 1 saturated heterocycles. The molecule has 7 rings (SSSR count). The molecular weight excluding hydrogens is 506 g/mol. The molecule has 3 aliphatic heterocycles. The van der Waals surface area contributed by atoms with Gasteiger partial charge in [0.1, 0.15) is 22.9 Å². The largest absolute Gasteiger partial charge is 0.389 e. The van der Waals surface area contributed by atoms with Crippen molar-refractivity contribution in [1.82, 2.24) is 15.2 Å². The fourth-order valence-electron chi connectivity index (χ4n) is 5.56. The van der Waals surface area contributed by atoms with Gasteiger partial charge in [-0.05, 0) is 29.4 Å². The zero-order valence-corrected chi connectivity index (χ0v) is 22.3. The van der Waals surface area contributed by atoms with Gasteiger partial charge in [0.2, 0.25) is 0 Å². The van der Waals surface area contributed by atoms with Crippen LogP contribution in [0.1, 0.15) is 50.8 Å². The normalized spacial score (nSPS) is 24.3. The molecule has 3 N–H and O–H groups in total. The summed E-state index contributed by atoms with van der Waals surface area (Å²) in [5.74, 6) is 1.25. The third-order valence-electron chi connectivity index (χ3n) is 7.93. The zero-order chi connectivity index (χ0) is 26.6. The highest BCUT2D eigenvalue weighted by Crippen LogP contribution is 2.48.